The molecule has 1 amide bonds. The number of hydrogen-bond donors (Lipinski definition) is 1. The number of rotatable bonds is 2. The van der Waals surface area contributed by atoms with Crippen LogP contribution >= 0.6 is 0 Å². The van der Waals surface area contributed by atoms with Crippen LogP contribution in [0.1, 0.15) is 41.3 Å². The molecule has 1 aliphatic heterocycles. The number of carboxylic acid groups (broad SMARTS) is 1. The molecule has 22 heavy (non-hydrogen) atoms. The third-order valence-electron chi connectivity index (χ3n) is 4.42. The van der Waals surface area contributed by atoms with Gasteiger partial charge in [-0.05, 0) is 55.9 Å². The zero-order chi connectivity index (χ0) is 15.7. The Hall–Kier alpha value is -1.88. The van der Waals surface area contributed by atoms with Crippen molar-refractivity contribution in [3.05, 3.63) is 34.9 Å². The molecule has 1 heterocycles. The molecule has 1 N–H and O–H groups in total. The van der Waals surface area contributed by atoms with Crippen LogP contribution in [0.15, 0.2) is 18.2 Å². The summed E-state index contributed by atoms with van der Waals surface area (Å²) in [5.41, 5.74) is 3.24. The van der Waals surface area contributed by atoms with E-state index in [0.29, 0.717) is 12.1 Å². The van der Waals surface area contributed by atoms with Crippen LogP contribution in [0, 0.1) is 0 Å². The van der Waals surface area contributed by atoms with E-state index < -0.39 is 12.1 Å². The first kappa shape index (κ1) is 15.0. The fourth-order valence-corrected chi connectivity index (χ4v) is 3.30. The van der Waals surface area contributed by atoms with Gasteiger partial charge in [-0.25, -0.2) is 4.79 Å². The monoisotopic (exact) mass is 303 g/mol. The van der Waals surface area contributed by atoms with Gasteiger partial charge in [-0.3, -0.25) is 4.79 Å². The Bertz CT molecular complexity index is 598. The summed E-state index contributed by atoms with van der Waals surface area (Å²) in [6, 6.07) is 5.88. The fraction of sp³-hybridized carbons (Fsp3) is 0.529. The topological polar surface area (TPSA) is 66.8 Å². The van der Waals surface area contributed by atoms with Crippen LogP contribution in [0.5, 0.6) is 0 Å². The summed E-state index contributed by atoms with van der Waals surface area (Å²) in [5, 5.41) is 9.12. The van der Waals surface area contributed by atoms with Crippen molar-refractivity contribution in [3.63, 3.8) is 0 Å². The molecular weight excluding hydrogens is 282 g/mol. The molecule has 2 atom stereocenters. The molecule has 118 valence electrons. The zero-order valence-corrected chi connectivity index (χ0v) is 12.7. The van der Waals surface area contributed by atoms with Crippen LogP contribution in [0.4, 0.5) is 0 Å². The number of nitrogens with zero attached hydrogens (tertiary/aromatic N) is 1. The van der Waals surface area contributed by atoms with E-state index in [2.05, 4.69) is 0 Å². The van der Waals surface area contributed by atoms with Gasteiger partial charge in [-0.1, -0.05) is 6.07 Å². The molecule has 1 fully saturated rings. The van der Waals surface area contributed by atoms with E-state index in [-0.39, 0.29) is 18.6 Å². The first-order valence-corrected chi connectivity index (χ1v) is 7.84. The molecule has 0 bridgehead atoms. The van der Waals surface area contributed by atoms with Gasteiger partial charge in [0.1, 0.15) is 0 Å². The Morgan fingerprint density at radius 1 is 1.18 bits per heavy atom. The van der Waals surface area contributed by atoms with Crippen molar-refractivity contribution in [2.24, 2.45) is 0 Å². The number of aryl methyl sites for hydroxylation is 2. The minimum Gasteiger partial charge on any atom is -0.479 e. The maximum atomic E-state index is 12.7. The van der Waals surface area contributed by atoms with Crippen LogP contribution in [-0.2, 0) is 22.4 Å². The first-order valence-electron chi connectivity index (χ1n) is 7.84. The second kappa shape index (κ2) is 6.08. The molecule has 1 aromatic carbocycles. The third kappa shape index (κ3) is 2.99. The molecule has 3 rings (SSSR count). The molecule has 5 heteroatoms. The van der Waals surface area contributed by atoms with E-state index >= 15 is 0 Å². The van der Waals surface area contributed by atoms with Gasteiger partial charge >= 0.3 is 5.97 Å². The van der Waals surface area contributed by atoms with Gasteiger partial charge in [0.15, 0.2) is 6.10 Å². The van der Waals surface area contributed by atoms with Crippen LogP contribution in [-0.4, -0.2) is 47.2 Å². The Balaban J connectivity index is 1.79. The van der Waals surface area contributed by atoms with Gasteiger partial charge in [-0.2, -0.15) is 0 Å². The molecule has 0 saturated carbocycles. The van der Waals surface area contributed by atoms with E-state index in [1.165, 1.54) is 24.0 Å². The molecular formula is C17H21NO4. The lowest BCUT2D eigenvalue weighted by Gasteiger charge is -2.35. The lowest BCUT2D eigenvalue weighted by atomic mass is 9.90. The van der Waals surface area contributed by atoms with Gasteiger partial charge in [0.05, 0.1) is 12.6 Å². The smallest absolute Gasteiger partial charge is 0.334 e. The average molecular weight is 303 g/mol. The summed E-state index contributed by atoms with van der Waals surface area (Å²) in [6.45, 7) is 2.33. The fourth-order valence-electron chi connectivity index (χ4n) is 3.30. The second-order valence-electron chi connectivity index (χ2n) is 6.17. The van der Waals surface area contributed by atoms with E-state index in [1.807, 2.05) is 18.2 Å². The largest absolute Gasteiger partial charge is 0.479 e. The molecule has 1 saturated heterocycles. The van der Waals surface area contributed by atoms with Gasteiger partial charge < -0.3 is 14.7 Å². The number of ether oxygens (including phenoxy) is 1. The predicted octanol–water partition coefficient (Wildman–Crippen LogP) is 1.88. The molecule has 1 aliphatic carbocycles. The highest BCUT2D eigenvalue weighted by molar-refractivity contribution is 5.95. The van der Waals surface area contributed by atoms with Gasteiger partial charge in [0, 0.05) is 12.1 Å². The average Bonchev–Trinajstić information content (AvgIpc) is 2.53. The highest BCUT2D eigenvalue weighted by Crippen LogP contribution is 2.23. The Morgan fingerprint density at radius 2 is 1.91 bits per heavy atom. The van der Waals surface area contributed by atoms with E-state index in [1.54, 1.807) is 11.8 Å². The van der Waals surface area contributed by atoms with E-state index in [4.69, 9.17) is 9.84 Å². The summed E-state index contributed by atoms with van der Waals surface area (Å²) in [4.78, 5) is 25.4. The van der Waals surface area contributed by atoms with Crippen molar-refractivity contribution in [1.29, 1.82) is 0 Å². The normalized spacial score (nSPS) is 24.7. The lowest BCUT2D eigenvalue weighted by Crippen LogP contribution is -2.51. The Labute approximate surface area is 129 Å². The van der Waals surface area contributed by atoms with Crippen molar-refractivity contribution in [2.75, 3.05) is 13.1 Å². The number of carbonyl (C=O) groups is 2. The van der Waals surface area contributed by atoms with Crippen molar-refractivity contribution < 1.29 is 19.4 Å². The number of morpholine rings is 1. The molecule has 2 aliphatic rings. The number of carboxylic acids is 1. The SMILES string of the molecule is C[C@@H]1CN(C(=O)c2ccc3c(c2)CCCC3)CC(C(=O)O)O1. The second-order valence-corrected chi connectivity index (χ2v) is 6.17. The van der Waals surface area contributed by atoms with Crippen molar-refractivity contribution in [3.8, 4) is 0 Å². The van der Waals surface area contributed by atoms with E-state index in [0.717, 1.165) is 12.8 Å². The number of amides is 1. The van der Waals surface area contributed by atoms with E-state index in [9.17, 15) is 9.59 Å². The summed E-state index contributed by atoms with van der Waals surface area (Å²) in [5.74, 6) is -1.12. The van der Waals surface area contributed by atoms with Crippen LogP contribution in [0.2, 0.25) is 0 Å². The molecule has 1 unspecified atom stereocenters. The molecule has 5 nitrogen and oxygen atoms in total. The van der Waals surface area contributed by atoms with Gasteiger partial charge in [0.2, 0.25) is 0 Å². The Kier molecular flexibility index (Phi) is 4.16. The van der Waals surface area contributed by atoms with Gasteiger partial charge in [-0.15, -0.1) is 0 Å². The minimum absolute atomic E-state index is 0.102. The van der Waals surface area contributed by atoms with Crippen LogP contribution < -0.4 is 0 Å². The number of carbonyl (C=O) groups excluding carboxylic acids is 1. The third-order valence-corrected chi connectivity index (χ3v) is 4.42. The number of hydrogen-bond acceptors (Lipinski definition) is 3. The van der Waals surface area contributed by atoms with Crippen molar-refractivity contribution in [1.82, 2.24) is 4.90 Å². The standard InChI is InChI=1S/C17H21NO4/c1-11-9-18(10-15(22-11)17(20)21)16(19)14-7-6-12-4-2-3-5-13(12)8-14/h6-8,11,15H,2-5,9-10H2,1H3,(H,20,21)/t11-,15?/m1/s1. The molecule has 0 radical (unpaired) electrons. The Morgan fingerprint density at radius 3 is 2.64 bits per heavy atom. The number of fused-ring (bicyclic) bond motifs is 1. The first-order chi connectivity index (χ1) is 10.5. The quantitative estimate of drug-likeness (QED) is 0.906. The number of aliphatic carboxylic acids is 1. The molecule has 0 aromatic heterocycles. The number of benzene rings is 1. The molecule has 1 aromatic rings. The summed E-state index contributed by atoms with van der Waals surface area (Å²) in [7, 11) is 0. The highest BCUT2D eigenvalue weighted by Gasteiger charge is 2.33. The van der Waals surface area contributed by atoms with Crippen LogP contribution in [0.25, 0.3) is 0 Å². The lowest BCUT2D eigenvalue weighted by molar-refractivity contribution is -0.160. The zero-order valence-electron chi connectivity index (χ0n) is 12.7. The maximum absolute atomic E-state index is 12.7. The summed E-state index contributed by atoms with van der Waals surface area (Å²) < 4.78 is 5.36. The van der Waals surface area contributed by atoms with Crippen LogP contribution in [0.3, 0.4) is 0 Å². The molecule has 0 spiro atoms. The minimum atomic E-state index is -1.02. The summed E-state index contributed by atoms with van der Waals surface area (Å²) in [6.07, 6.45) is 3.27. The predicted molar refractivity (Wildman–Crippen MR) is 81.0 cm³/mol. The van der Waals surface area contributed by atoms with Gasteiger partial charge in [0.25, 0.3) is 5.91 Å². The summed E-state index contributed by atoms with van der Waals surface area (Å²) >= 11 is 0. The van der Waals surface area contributed by atoms with Crippen molar-refractivity contribution >= 4 is 11.9 Å². The highest BCUT2D eigenvalue weighted by atomic mass is 16.5. The maximum Gasteiger partial charge on any atom is 0.334 e. The van der Waals surface area contributed by atoms with Crippen molar-refractivity contribution in [2.45, 2.75) is 44.8 Å².